The summed E-state index contributed by atoms with van der Waals surface area (Å²) in [4.78, 5) is 2.20. The quantitative estimate of drug-likeness (QED) is 0.780. The second-order valence-corrected chi connectivity index (χ2v) is 6.43. The van der Waals surface area contributed by atoms with Crippen LogP contribution in [0.1, 0.15) is 24.8 Å². The van der Waals surface area contributed by atoms with Gasteiger partial charge in [0, 0.05) is 30.8 Å². The highest BCUT2D eigenvalue weighted by molar-refractivity contribution is 5.63. The van der Waals surface area contributed by atoms with Gasteiger partial charge in [0.2, 0.25) is 0 Å². The number of aromatic amines is 1. The minimum Gasteiger partial charge on any atom is -0.487 e. The van der Waals surface area contributed by atoms with Crippen molar-refractivity contribution in [3.63, 3.8) is 0 Å². The first-order valence-electron chi connectivity index (χ1n) is 8.49. The number of ether oxygens (including phenoxy) is 1. The molecule has 2 aromatic rings. The molecule has 0 radical (unpaired) electrons. The van der Waals surface area contributed by atoms with Gasteiger partial charge in [-0.05, 0) is 51.6 Å². The molecule has 0 saturated heterocycles. The van der Waals surface area contributed by atoms with E-state index in [1.165, 1.54) is 12.5 Å². The van der Waals surface area contributed by atoms with Gasteiger partial charge in [0.25, 0.3) is 0 Å². The molecule has 1 aliphatic rings. The normalized spacial score (nSPS) is 14.8. The predicted octanol–water partition coefficient (Wildman–Crippen LogP) is 2.80. The van der Waals surface area contributed by atoms with E-state index in [1.54, 1.807) is 6.07 Å². The number of hydrogen-bond donors (Lipinski definition) is 2. The lowest BCUT2D eigenvalue weighted by Crippen LogP contribution is -2.27. The van der Waals surface area contributed by atoms with Crippen LogP contribution in [0.3, 0.4) is 0 Å². The van der Waals surface area contributed by atoms with Crippen molar-refractivity contribution in [3.8, 4) is 17.0 Å². The highest BCUT2D eigenvalue weighted by atomic mass is 19.1. The minimum atomic E-state index is -0.316. The minimum absolute atomic E-state index is 0.175. The Bertz CT molecular complexity index is 669. The Labute approximate surface area is 142 Å². The fourth-order valence-electron chi connectivity index (χ4n) is 2.77. The number of nitrogens with zero attached hydrogens (tertiary/aromatic N) is 2. The Morgan fingerprint density at radius 3 is 2.92 bits per heavy atom. The Balaban J connectivity index is 1.72. The average Bonchev–Trinajstić information content (AvgIpc) is 2.98. The topological polar surface area (TPSA) is 53.2 Å². The molecule has 24 heavy (non-hydrogen) atoms. The summed E-state index contributed by atoms with van der Waals surface area (Å²) in [5.41, 5.74) is 2.71. The van der Waals surface area contributed by atoms with E-state index in [0.717, 1.165) is 49.3 Å². The van der Waals surface area contributed by atoms with Crippen LogP contribution in [-0.2, 0) is 6.54 Å². The molecule has 5 nitrogen and oxygen atoms in total. The van der Waals surface area contributed by atoms with E-state index in [0.29, 0.717) is 5.75 Å². The molecule has 1 aliphatic carbocycles. The smallest absolute Gasteiger partial charge is 0.165 e. The molecule has 6 heteroatoms. The van der Waals surface area contributed by atoms with Crippen LogP contribution in [0.4, 0.5) is 4.39 Å². The summed E-state index contributed by atoms with van der Waals surface area (Å²) < 4.78 is 20.0. The SMILES string of the molecule is CNCCN(C)Cc1cn[nH]c1-c1ccc(OC2CCC2)c(F)c1. The van der Waals surface area contributed by atoms with Crippen LogP contribution in [0, 0.1) is 5.82 Å². The van der Waals surface area contributed by atoms with Gasteiger partial charge in [0.1, 0.15) is 0 Å². The van der Waals surface area contributed by atoms with E-state index in [-0.39, 0.29) is 11.9 Å². The first-order chi connectivity index (χ1) is 11.7. The molecule has 1 aromatic heterocycles. The van der Waals surface area contributed by atoms with Crippen LogP contribution in [0.25, 0.3) is 11.3 Å². The van der Waals surface area contributed by atoms with Gasteiger partial charge in [-0.25, -0.2) is 4.39 Å². The van der Waals surface area contributed by atoms with Gasteiger partial charge in [0.05, 0.1) is 18.0 Å². The molecule has 1 saturated carbocycles. The third-order valence-corrected chi connectivity index (χ3v) is 4.47. The van der Waals surface area contributed by atoms with E-state index >= 15 is 0 Å². The number of benzene rings is 1. The van der Waals surface area contributed by atoms with Crippen LogP contribution >= 0.6 is 0 Å². The third-order valence-electron chi connectivity index (χ3n) is 4.47. The molecule has 3 rings (SSSR count). The Morgan fingerprint density at radius 2 is 2.25 bits per heavy atom. The van der Waals surface area contributed by atoms with Crippen molar-refractivity contribution in [2.75, 3.05) is 27.2 Å². The highest BCUT2D eigenvalue weighted by Crippen LogP contribution is 2.30. The third kappa shape index (κ3) is 3.94. The van der Waals surface area contributed by atoms with Crippen molar-refractivity contribution in [2.45, 2.75) is 31.9 Å². The molecule has 0 atom stereocenters. The van der Waals surface area contributed by atoms with Crippen molar-refractivity contribution >= 4 is 0 Å². The first-order valence-corrected chi connectivity index (χ1v) is 8.49. The molecule has 0 bridgehead atoms. The maximum absolute atomic E-state index is 14.3. The second kappa shape index (κ2) is 7.77. The lowest BCUT2D eigenvalue weighted by atomic mass is 9.96. The van der Waals surface area contributed by atoms with E-state index in [4.69, 9.17) is 4.74 Å². The molecule has 1 aromatic carbocycles. The Morgan fingerprint density at radius 1 is 1.42 bits per heavy atom. The number of rotatable bonds is 8. The number of hydrogen-bond acceptors (Lipinski definition) is 4. The Hall–Kier alpha value is -1.92. The summed E-state index contributed by atoms with van der Waals surface area (Å²) in [6.07, 6.45) is 5.19. The lowest BCUT2D eigenvalue weighted by molar-refractivity contribution is 0.115. The number of H-pyrrole nitrogens is 1. The zero-order valence-corrected chi connectivity index (χ0v) is 14.3. The molecular weight excluding hydrogens is 307 g/mol. The maximum atomic E-state index is 14.3. The lowest BCUT2D eigenvalue weighted by Gasteiger charge is -2.26. The van der Waals surface area contributed by atoms with Crippen LogP contribution in [-0.4, -0.2) is 48.4 Å². The fraction of sp³-hybridized carbons (Fsp3) is 0.500. The van der Waals surface area contributed by atoms with Crippen molar-refractivity contribution in [1.29, 1.82) is 0 Å². The number of nitrogens with one attached hydrogen (secondary N) is 2. The van der Waals surface area contributed by atoms with E-state index in [2.05, 4.69) is 27.5 Å². The molecule has 0 spiro atoms. The molecule has 0 unspecified atom stereocenters. The summed E-state index contributed by atoms with van der Waals surface area (Å²) in [6.45, 7) is 2.62. The average molecular weight is 332 g/mol. The van der Waals surface area contributed by atoms with Crippen molar-refractivity contribution in [1.82, 2.24) is 20.4 Å². The molecule has 1 heterocycles. The zero-order chi connectivity index (χ0) is 16.9. The van der Waals surface area contributed by atoms with Gasteiger partial charge in [0.15, 0.2) is 11.6 Å². The summed E-state index contributed by atoms with van der Waals surface area (Å²) in [5, 5.41) is 10.3. The van der Waals surface area contributed by atoms with Gasteiger partial charge >= 0.3 is 0 Å². The van der Waals surface area contributed by atoms with Crippen LogP contribution in [0.2, 0.25) is 0 Å². The summed E-state index contributed by atoms with van der Waals surface area (Å²) >= 11 is 0. The molecule has 0 aliphatic heterocycles. The summed E-state index contributed by atoms with van der Waals surface area (Å²) in [6, 6.07) is 5.14. The molecule has 1 fully saturated rings. The van der Waals surface area contributed by atoms with Gasteiger partial charge in [-0.2, -0.15) is 5.10 Å². The van der Waals surface area contributed by atoms with Gasteiger partial charge in [-0.3, -0.25) is 5.10 Å². The fourth-order valence-corrected chi connectivity index (χ4v) is 2.77. The molecule has 0 amide bonds. The summed E-state index contributed by atoms with van der Waals surface area (Å²) in [7, 11) is 4.00. The first kappa shape index (κ1) is 16.9. The van der Waals surface area contributed by atoms with Crippen molar-refractivity contribution in [2.24, 2.45) is 0 Å². The second-order valence-electron chi connectivity index (χ2n) is 6.43. The molecule has 130 valence electrons. The maximum Gasteiger partial charge on any atom is 0.165 e. The van der Waals surface area contributed by atoms with E-state index in [1.807, 2.05) is 19.3 Å². The van der Waals surface area contributed by atoms with Crippen molar-refractivity contribution in [3.05, 3.63) is 35.8 Å². The van der Waals surface area contributed by atoms with Gasteiger partial charge in [-0.15, -0.1) is 0 Å². The number of aromatic nitrogens is 2. The van der Waals surface area contributed by atoms with Crippen LogP contribution < -0.4 is 10.1 Å². The van der Waals surface area contributed by atoms with E-state index < -0.39 is 0 Å². The summed E-state index contributed by atoms with van der Waals surface area (Å²) in [5.74, 6) is 0.0270. The number of likely N-dealkylation sites (N-methyl/N-ethyl adjacent to an activating group) is 2. The van der Waals surface area contributed by atoms with Crippen molar-refractivity contribution < 1.29 is 9.13 Å². The largest absolute Gasteiger partial charge is 0.487 e. The molecular formula is C18H25FN4O. The predicted molar refractivity (Wildman–Crippen MR) is 92.5 cm³/mol. The number of halogens is 1. The Kier molecular flexibility index (Phi) is 5.48. The molecule has 2 N–H and O–H groups in total. The van der Waals surface area contributed by atoms with E-state index in [9.17, 15) is 4.39 Å². The van der Waals surface area contributed by atoms with Gasteiger partial charge < -0.3 is 15.0 Å². The monoisotopic (exact) mass is 332 g/mol. The highest BCUT2D eigenvalue weighted by Gasteiger charge is 2.21. The standard InChI is InChI=1S/C18H25FN4O/c1-20-8-9-23(2)12-14-11-21-22-18(14)13-6-7-17(16(19)10-13)24-15-4-3-5-15/h6-7,10-11,15,20H,3-5,8-9,12H2,1-2H3,(H,21,22). The van der Waals surface area contributed by atoms with Gasteiger partial charge in [-0.1, -0.05) is 0 Å². The van der Waals surface area contributed by atoms with Crippen LogP contribution in [0.5, 0.6) is 5.75 Å². The zero-order valence-electron chi connectivity index (χ0n) is 14.3. The van der Waals surface area contributed by atoms with Crippen LogP contribution in [0.15, 0.2) is 24.4 Å².